The number of alkyl halides is 3. The molecule has 0 saturated heterocycles. The van der Waals surface area contributed by atoms with Gasteiger partial charge in [0.1, 0.15) is 0 Å². The molecule has 0 atom stereocenters. The second-order valence-electron chi connectivity index (χ2n) is 0.886. The summed E-state index contributed by atoms with van der Waals surface area (Å²) in [6.45, 7) is 0. The van der Waals surface area contributed by atoms with Crippen LogP contribution < -0.4 is 0 Å². The van der Waals surface area contributed by atoms with Crippen LogP contribution in [0.2, 0.25) is 0 Å². The van der Waals surface area contributed by atoms with E-state index in [1.807, 2.05) is 0 Å². The predicted octanol–water partition coefficient (Wildman–Crippen LogP) is 0.393. The van der Waals surface area contributed by atoms with Crippen LogP contribution in [0, 0.1) is 0 Å². The topological polar surface area (TPSA) is 71.4 Å². The molecule has 0 amide bonds. The van der Waals surface area contributed by atoms with E-state index in [9.17, 15) is 13.2 Å². The summed E-state index contributed by atoms with van der Waals surface area (Å²) in [5.41, 5.74) is 0. The SMILES string of the molecule is O=C(O)C(F)(F)F.[O]=[Ti]=[O]. The molecule has 8 heteroatoms. The number of halogens is 3. The fourth-order valence-corrected chi connectivity index (χ4v) is 0. The first-order valence-corrected chi connectivity index (χ1v) is 2.93. The first-order valence-electron chi connectivity index (χ1n) is 1.65. The monoisotopic (exact) mass is 194 g/mol. The van der Waals surface area contributed by atoms with Crippen molar-refractivity contribution in [1.29, 1.82) is 0 Å². The Morgan fingerprint density at radius 3 is 1.40 bits per heavy atom. The normalized spacial score (nSPS) is 8.70. The molecule has 0 spiro atoms. The molecule has 0 unspecified atom stereocenters. The Labute approximate surface area is 61.6 Å². The maximum atomic E-state index is 10.6. The van der Waals surface area contributed by atoms with Crippen LogP contribution in [-0.2, 0) is 30.5 Å². The third kappa shape index (κ3) is 10.5. The zero-order valence-corrected chi connectivity index (χ0v) is 5.87. The predicted molar refractivity (Wildman–Crippen MR) is 15.1 cm³/mol. The molecule has 0 aromatic rings. The van der Waals surface area contributed by atoms with Crippen molar-refractivity contribution < 1.29 is 48.8 Å². The summed E-state index contributed by atoms with van der Waals surface area (Å²) in [6.07, 6.45) is -5.08. The van der Waals surface area contributed by atoms with Gasteiger partial charge in [-0.3, -0.25) is 0 Å². The fourth-order valence-electron chi connectivity index (χ4n) is 0. The van der Waals surface area contributed by atoms with E-state index in [0.717, 1.165) is 0 Å². The molecular formula is C2HF3O4Ti. The Bertz CT molecular complexity index is 145. The van der Waals surface area contributed by atoms with Crippen molar-refractivity contribution in [2.45, 2.75) is 6.18 Å². The third-order valence-electron chi connectivity index (χ3n) is 0.243. The average molecular weight is 194 g/mol. The summed E-state index contributed by atoms with van der Waals surface area (Å²) in [4.78, 5) is 8.90. The van der Waals surface area contributed by atoms with Gasteiger partial charge >= 0.3 is 37.9 Å². The summed E-state index contributed by atoms with van der Waals surface area (Å²) >= 11 is -2.00. The molecule has 0 aliphatic rings. The molecule has 0 aliphatic heterocycles. The zero-order valence-electron chi connectivity index (χ0n) is 4.31. The van der Waals surface area contributed by atoms with Gasteiger partial charge in [0, 0.05) is 0 Å². The van der Waals surface area contributed by atoms with E-state index in [1.54, 1.807) is 0 Å². The van der Waals surface area contributed by atoms with Gasteiger partial charge in [0.2, 0.25) is 0 Å². The van der Waals surface area contributed by atoms with Crippen LogP contribution in [0.25, 0.3) is 0 Å². The van der Waals surface area contributed by atoms with E-state index in [0.29, 0.717) is 0 Å². The molecular weight excluding hydrogens is 193 g/mol. The molecule has 0 fully saturated rings. The molecule has 0 aromatic carbocycles. The second kappa shape index (κ2) is 5.37. The molecule has 0 rings (SSSR count). The van der Waals surface area contributed by atoms with E-state index in [4.69, 9.17) is 16.6 Å². The van der Waals surface area contributed by atoms with Crippen molar-refractivity contribution in [2.75, 3.05) is 0 Å². The fraction of sp³-hybridized carbons (Fsp3) is 0.500. The maximum absolute atomic E-state index is 10.6. The molecule has 4 nitrogen and oxygen atoms in total. The van der Waals surface area contributed by atoms with Gasteiger partial charge in [-0.05, 0) is 0 Å². The van der Waals surface area contributed by atoms with Crippen molar-refractivity contribution in [3.63, 3.8) is 0 Å². The number of rotatable bonds is 0. The molecule has 0 heterocycles. The summed E-state index contributed by atoms with van der Waals surface area (Å²) < 4.78 is 48.7. The van der Waals surface area contributed by atoms with E-state index in [-0.39, 0.29) is 0 Å². The molecule has 0 aliphatic carbocycles. The summed E-state index contributed by atoms with van der Waals surface area (Å²) in [7, 11) is 0. The van der Waals surface area contributed by atoms with Crippen LogP contribution in [0.5, 0.6) is 0 Å². The molecule has 0 aromatic heterocycles. The number of carboxylic acids is 1. The molecule has 10 heavy (non-hydrogen) atoms. The number of carboxylic acid groups (broad SMARTS) is 1. The van der Waals surface area contributed by atoms with Crippen molar-refractivity contribution in [3.8, 4) is 0 Å². The van der Waals surface area contributed by atoms with Crippen LogP contribution in [0.1, 0.15) is 0 Å². The minimum atomic E-state index is -5.08. The molecule has 1 N–H and O–H groups in total. The van der Waals surface area contributed by atoms with Gasteiger partial charge < -0.3 is 5.11 Å². The van der Waals surface area contributed by atoms with Gasteiger partial charge in [-0.1, -0.05) is 0 Å². The first-order chi connectivity index (χ1) is 4.36. The first kappa shape index (κ1) is 12.3. The van der Waals surface area contributed by atoms with Gasteiger partial charge in [0.25, 0.3) is 0 Å². The zero-order chi connectivity index (χ0) is 8.78. The number of hydrogen-bond acceptors (Lipinski definition) is 3. The van der Waals surface area contributed by atoms with Crippen molar-refractivity contribution >= 4 is 5.97 Å². The van der Waals surface area contributed by atoms with E-state index < -0.39 is 31.2 Å². The van der Waals surface area contributed by atoms with Crippen LogP contribution >= 0.6 is 0 Å². The summed E-state index contributed by atoms with van der Waals surface area (Å²) in [5, 5.41) is 7.12. The van der Waals surface area contributed by atoms with E-state index in [2.05, 4.69) is 0 Å². The van der Waals surface area contributed by atoms with Crippen LogP contribution in [-0.4, -0.2) is 17.3 Å². The van der Waals surface area contributed by atoms with Gasteiger partial charge in [-0.2, -0.15) is 13.2 Å². The summed E-state index contributed by atoms with van der Waals surface area (Å²) in [6, 6.07) is 0. The van der Waals surface area contributed by atoms with Crippen molar-refractivity contribution in [1.82, 2.24) is 0 Å². The summed E-state index contributed by atoms with van der Waals surface area (Å²) in [5.74, 6) is -2.76. The van der Waals surface area contributed by atoms with Gasteiger partial charge in [-0.25, -0.2) is 4.79 Å². The van der Waals surface area contributed by atoms with Gasteiger partial charge in [0.05, 0.1) is 0 Å². The third-order valence-corrected chi connectivity index (χ3v) is 0.243. The minimum absolute atomic E-state index is 2.00. The van der Waals surface area contributed by atoms with Crippen molar-refractivity contribution in [3.05, 3.63) is 0 Å². The van der Waals surface area contributed by atoms with Crippen LogP contribution in [0.3, 0.4) is 0 Å². The Balaban J connectivity index is 0. The molecule has 58 valence electrons. The van der Waals surface area contributed by atoms with Gasteiger partial charge in [-0.15, -0.1) is 0 Å². The molecule has 0 bridgehead atoms. The molecule has 0 saturated carbocycles. The Morgan fingerprint density at radius 2 is 1.40 bits per heavy atom. The molecule has 0 radical (unpaired) electrons. The quantitative estimate of drug-likeness (QED) is 0.566. The van der Waals surface area contributed by atoms with Crippen LogP contribution in [0.4, 0.5) is 13.2 Å². The van der Waals surface area contributed by atoms with Crippen LogP contribution in [0.15, 0.2) is 0 Å². The standard InChI is InChI=1S/C2HF3O2.2O.Ti/c3-2(4,5)1(6)7;;;/h(H,6,7);;;. The Hall–Kier alpha value is -0.426. The number of aliphatic carboxylic acids is 1. The van der Waals surface area contributed by atoms with E-state index >= 15 is 0 Å². The van der Waals surface area contributed by atoms with Crippen molar-refractivity contribution in [2.24, 2.45) is 0 Å². The van der Waals surface area contributed by atoms with E-state index in [1.165, 1.54) is 0 Å². The Morgan fingerprint density at radius 1 is 1.30 bits per heavy atom. The number of carbonyl (C=O) groups is 1. The average Bonchev–Trinajstić information content (AvgIpc) is 1.64. The van der Waals surface area contributed by atoms with Gasteiger partial charge in [0.15, 0.2) is 0 Å². The second-order valence-corrected chi connectivity index (χ2v) is 1.15. The number of hydrogen-bond donors (Lipinski definition) is 1. The Kier molecular flexibility index (Phi) is 6.58.